The van der Waals surface area contributed by atoms with E-state index in [1.54, 1.807) is 19.4 Å². The molecule has 0 saturated carbocycles. The summed E-state index contributed by atoms with van der Waals surface area (Å²) in [6.07, 6.45) is 4.90. The van der Waals surface area contributed by atoms with Crippen molar-refractivity contribution in [3.05, 3.63) is 53.7 Å². The van der Waals surface area contributed by atoms with Crippen molar-refractivity contribution in [1.29, 1.82) is 0 Å². The van der Waals surface area contributed by atoms with Gasteiger partial charge in [0.25, 0.3) is 0 Å². The number of rotatable bonds is 9. The van der Waals surface area contributed by atoms with Gasteiger partial charge in [0, 0.05) is 24.4 Å². The summed E-state index contributed by atoms with van der Waals surface area (Å²) in [5.41, 5.74) is 1.68. The molecule has 0 spiro atoms. The number of nitrogens with one attached hydrogen (secondary N) is 1. The molecule has 0 aliphatic carbocycles. The highest BCUT2D eigenvalue weighted by molar-refractivity contribution is 5.91. The van der Waals surface area contributed by atoms with Gasteiger partial charge in [-0.2, -0.15) is 0 Å². The van der Waals surface area contributed by atoms with Gasteiger partial charge in [-0.15, -0.1) is 0 Å². The molecule has 144 valence electrons. The largest absolute Gasteiger partial charge is 0.493 e. The number of carbonyl (C=O) groups excluding carboxylic acids is 1. The molecule has 0 bridgehead atoms. The van der Waals surface area contributed by atoms with Gasteiger partial charge in [0.15, 0.2) is 11.5 Å². The lowest BCUT2D eigenvalue weighted by Gasteiger charge is -2.12. The summed E-state index contributed by atoms with van der Waals surface area (Å²) in [6, 6.07) is 9.21. The summed E-state index contributed by atoms with van der Waals surface area (Å²) in [4.78, 5) is 16.4. The molecule has 1 amide bonds. The summed E-state index contributed by atoms with van der Waals surface area (Å²) in [5, 5.41) is 2.84. The summed E-state index contributed by atoms with van der Waals surface area (Å²) in [7, 11) is 1.59. The Morgan fingerprint density at radius 1 is 1.26 bits per heavy atom. The van der Waals surface area contributed by atoms with Crippen molar-refractivity contribution in [3.63, 3.8) is 0 Å². The van der Waals surface area contributed by atoms with Gasteiger partial charge in [-0.25, -0.2) is 4.98 Å². The van der Waals surface area contributed by atoms with E-state index in [-0.39, 0.29) is 12.0 Å². The highest BCUT2D eigenvalue weighted by Crippen LogP contribution is 2.28. The van der Waals surface area contributed by atoms with E-state index in [1.165, 1.54) is 6.08 Å². The predicted octanol–water partition coefficient (Wildman–Crippen LogP) is 3.61. The molecule has 1 heterocycles. The lowest BCUT2D eigenvalue weighted by atomic mass is 10.2. The number of amides is 1. The van der Waals surface area contributed by atoms with Crippen LogP contribution in [-0.4, -0.2) is 30.7 Å². The van der Waals surface area contributed by atoms with E-state index in [0.717, 1.165) is 11.1 Å². The highest BCUT2D eigenvalue weighted by Gasteiger charge is 2.08. The Hall–Kier alpha value is -3.02. The first-order chi connectivity index (χ1) is 13.0. The van der Waals surface area contributed by atoms with Crippen molar-refractivity contribution in [2.75, 3.05) is 13.7 Å². The van der Waals surface area contributed by atoms with E-state index < -0.39 is 0 Å². The summed E-state index contributed by atoms with van der Waals surface area (Å²) < 4.78 is 16.5. The van der Waals surface area contributed by atoms with Crippen molar-refractivity contribution < 1.29 is 19.0 Å². The van der Waals surface area contributed by atoms with E-state index in [1.807, 2.05) is 51.1 Å². The minimum Gasteiger partial charge on any atom is -0.493 e. The Labute approximate surface area is 160 Å². The van der Waals surface area contributed by atoms with Crippen molar-refractivity contribution in [2.45, 2.75) is 33.4 Å². The van der Waals surface area contributed by atoms with Crippen LogP contribution in [0.15, 0.2) is 42.6 Å². The van der Waals surface area contributed by atoms with Crippen LogP contribution in [-0.2, 0) is 11.3 Å². The molecule has 0 atom stereocenters. The van der Waals surface area contributed by atoms with Crippen molar-refractivity contribution >= 4 is 12.0 Å². The van der Waals surface area contributed by atoms with Crippen LogP contribution >= 0.6 is 0 Å². The lowest BCUT2D eigenvalue weighted by Crippen LogP contribution is -2.21. The number of nitrogens with zero attached hydrogens (tertiary/aromatic N) is 1. The molecule has 0 unspecified atom stereocenters. The smallest absolute Gasteiger partial charge is 0.244 e. The number of hydrogen-bond donors (Lipinski definition) is 1. The maximum atomic E-state index is 12.1. The van der Waals surface area contributed by atoms with Crippen LogP contribution in [0.5, 0.6) is 17.4 Å². The second kappa shape index (κ2) is 10.2. The first-order valence-electron chi connectivity index (χ1n) is 8.90. The molecule has 27 heavy (non-hydrogen) atoms. The Kier molecular flexibility index (Phi) is 7.67. The van der Waals surface area contributed by atoms with Gasteiger partial charge in [-0.1, -0.05) is 12.1 Å². The van der Waals surface area contributed by atoms with Crippen LogP contribution in [0, 0.1) is 0 Å². The molecule has 0 saturated heterocycles. The minimum absolute atomic E-state index is 0.0175. The second-order valence-electron chi connectivity index (χ2n) is 6.03. The van der Waals surface area contributed by atoms with E-state index in [4.69, 9.17) is 14.2 Å². The van der Waals surface area contributed by atoms with Crippen molar-refractivity contribution in [1.82, 2.24) is 10.3 Å². The van der Waals surface area contributed by atoms with Crippen LogP contribution in [0.1, 0.15) is 31.9 Å². The topological polar surface area (TPSA) is 69.7 Å². The third kappa shape index (κ3) is 6.33. The molecule has 6 nitrogen and oxygen atoms in total. The molecule has 6 heteroatoms. The fraction of sp³-hybridized carbons (Fsp3) is 0.333. The number of methoxy groups -OCH3 is 1. The van der Waals surface area contributed by atoms with Crippen molar-refractivity contribution in [2.24, 2.45) is 0 Å². The van der Waals surface area contributed by atoms with E-state index in [9.17, 15) is 4.79 Å². The number of ether oxygens (including phenoxy) is 3. The number of carbonyl (C=O) groups is 1. The van der Waals surface area contributed by atoms with Gasteiger partial charge >= 0.3 is 0 Å². The monoisotopic (exact) mass is 370 g/mol. The average molecular weight is 370 g/mol. The molecule has 0 radical (unpaired) electrons. The number of hydrogen-bond acceptors (Lipinski definition) is 5. The standard InChI is InChI=1S/C21H26N2O4/c1-5-26-19-13-16(8-10-18(19)25-4)9-11-20(24)23-14-17-7-6-12-22-21(17)27-15(2)3/h6-13,15H,5,14H2,1-4H3,(H,23,24)/b11-9+. The normalized spacial score (nSPS) is 10.9. The van der Waals surface area contributed by atoms with Crippen LogP contribution in [0.2, 0.25) is 0 Å². The Bertz CT molecular complexity index is 788. The maximum absolute atomic E-state index is 12.1. The molecular formula is C21H26N2O4. The van der Waals surface area contributed by atoms with Gasteiger partial charge in [0.2, 0.25) is 11.8 Å². The zero-order chi connectivity index (χ0) is 19.6. The Morgan fingerprint density at radius 3 is 2.78 bits per heavy atom. The molecule has 0 fully saturated rings. The SMILES string of the molecule is CCOc1cc(/C=C/C(=O)NCc2cccnc2OC(C)C)ccc1OC. The van der Waals surface area contributed by atoms with Crippen molar-refractivity contribution in [3.8, 4) is 17.4 Å². The third-order valence-electron chi connectivity index (χ3n) is 3.57. The van der Waals surface area contributed by atoms with Gasteiger partial charge in [0.05, 0.1) is 19.8 Å². The zero-order valence-electron chi connectivity index (χ0n) is 16.2. The first-order valence-corrected chi connectivity index (χ1v) is 8.90. The first kappa shape index (κ1) is 20.3. The molecule has 2 aromatic rings. The van der Waals surface area contributed by atoms with E-state index in [0.29, 0.717) is 30.5 Å². The zero-order valence-corrected chi connectivity index (χ0v) is 16.2. The maximum Gasteiger partial charge on any atom is 0.244 e. The van der Waals surface area contributed by atoms with Gasteiger partial charge < -0.3 is 19.5 Å². The highest BCUT2D eigenvalue weighted by atomic mass is 16.5. The van der Waals surface area contributed by atoms with Gasteiger partial charge in [0.1, 0.15) is 0 Å². The average Bonchev–Trinajstić information content (AvgIpc) is 2.65. The van der Waals surface area contributed by atoms with Crippen LogP contribution in [0.25, 0.3) is 6.08 Å². The van der Waals surface area contributed by atoms with Crippen LogP contribution in [0.4, 0.5) is 0 Å². The summed E-state index contributed by atoms with van der Waals surface area (Å²) in [6.45, 7) is 6.66. The third-order valence-corrected chi connectivity index (χ3v) is 3.57. The minimum atomic E-state index is -0.205. The quantitative estimate of drug-likeness (QED) is 0.683. The predicted molar refractivity (Wildman–Crippen MR) is 105 cm³/mol. The van der Waals surface area contributed by atoms with E-state index >= 15 is 0 Å². The number of aromatic nitrogens is 1. The van der Waals surface area contributed by atoms with Gasteiger partial charge in [-0.05, 0) is 50.6 Å². The fourth-order valence-corrected chi connectivity index (χ4v) is 2.37. The van der Waals surface area contributed by atoms with Crippen LogP contribution < -0.4 is 19.5 Å². The molecule has 1 aromatic carbocycles. The summed E-state index contributed by atoms with van der Waals surface area (Å²) >= 11 is 0. The molecular weight excluding hydrogens is 344 g/mol. The van der Waals surface area contributed by atoms with E-state index in [2.05, 4.69) is 10.3 Å². The Morgan fingerprint density at radius 2 is 2.07 bits per heavy atom. The number of benzene rings is 1. The Balaban J connectivity index is 1.99. The van der Waals surface area contributed by atoms with Gasteiger partial charge in [-0.3, -0.25) is 4.79 Å². The number of pyridine rings is 1. The summed E-state index contributed by atoms with van der Waals surface area (Å²) in [5.74, 6) is 1.64. The van der Waals surface area contributed by atoms with Crippen LogP contribution in [0.3, 0.4) is 0 Å². The molecule has 0 aliphatic heterocycles. The lowest BCUT2D eigenvalue weighted by molar-refractivity contribution is -0.116. The fourth-order valence-electron chi connectivity index (χ4n) is 2.37. The molecule has 1 N–H and O–H groups in total. The molecule has 0 aliphatic rings. The molecule has 2 rings (SSSR count). The second-order valence-corrected chi connectivity index (χ2v) is 6.03. The molecule has 1 aromatic heterocycles.